The van der Waals surface area contributed by atoms with Crippen LogP contribution in [0, 0.1) is 6.92 Å². The minimum atomic E-state index is 0.0194. The lowest BCUT2D eigenvalue weighted by molar-refractivity contribution is -0.118. The van der Waals surface area contributed by atoms with Crippen LogP contribution in [-0.2, 0) is 11.3 Å². The third-order valence-electron chi connectivity index (χ3n) is 3.42. The third-order valence-corrected chi connectivity index (χ3v) is 4.38. The molecule has 1 aromatic carbocycles. The molecule has 0 radical (unpaired) electrons. The summed E-state index contributed by atoms with van der Waals surface area (Å²) >= 11 is 1.45. The van der Waals surface area contributed by atoms with Gasteiger partial charge >= 0.3 is 0 Å². The number of nitrogens with one attached hydrogen (secondary N) is 1. The largest absolute Gasteiger partial charge is 0.351 e. The Morgan fingerprint density at radius 3 is 2.86 bits per heavy atom. The Hall–Kier alpha value is -1.82. The molecule has 0 bridgehead atoms. The molecule has 1 heterocycles. The molecule has 6 heteroatoms. The van der Waals surface area contributed by atoms with E-state index in [0.29, 0.717) is 18.3 Å². The zero-order chi connectivity index (χ0) is 14.7. The van der Waals surface area contributed by atoms with Crippen LogP contribution in [0.4, 0.5) is 0 Å². The lowest BCUT2D eigenvalue weighted by atomic mass is 10.1. The summed E-state index contributed by atoms with van der Waals surface area (Å²) in [5.74, 6) is 0.392. The van der Waals surface area contributed by atoms with Crippen molar-refractivity contribution >= 4 is 17.7 Å². The SMILES string of the molecule is Cc1ccc(CNC(=O)CSc2nncn2C2CC2)cc1. The number of carbonyl (C=O) groups is 1. The minimum Gasteiger partial charge on any atom is -0.351 e. The highest BCUT2D eigenvalue weighted by Gasteiger charge is 2.26. The van der Waals surface area contributed by atoms with E-state index in [2.05, 4.69) is 27.0 Å². The molecule has 1 amide bonds. The average molecular weight is 302 g/mol. The highest BCUT2D eigenvalue weighted by atomic mass is 32.2. The van der Waals surface area contributed by atoms with Crippen molar-refractivity contribution in [3.8, 4) is 0 Å². The van der Waals surface area contributed by atoms with Crippen molar-refractivity contribution in [2.45, 2.75) is 37.5 Å². The van der Waals surface area contributed by atoms with E-state index in [-0.39, 0.29) is 5.91 Å². The predicted molar refractivity (Wildman–Crippen MR) is 82.0 cm³/mol. The normalized spacial score (nSPS) is 14.1. The van der Waals surface area contributed by atoms with Gasteiger partial charge in [-0.15, -0.1) is 10.2 Å². The summed E-state index contributed by atoms with van der Waals surface area (Å²) in [6.07, 6.45) is 4.13. The Morgan fingerprint density at radius 2 is 2.14 bits per heavy atom. The lowest BCUT2D eigenvalue weighted by Gasteiger charge is -2.06. The molecule has 2 aromatic rings. The van der Waals surface area contributed by atoms with Crippen molar-refractivity contribution in [1.82, 2.24) is 20.1 Å². The molecule has 110 valence electrons. The second-order valence-electron chi connectivity index (χ2n) is 5.30. The molecule has 0 spiro atoms. The van der Waals surface area contributed by atoms with E-state index >= 15 is 0 Å². The molecule has 0 saturated heterocycles. The van der Waals surface area contributed by atoms with Crippen molar-refractivity contribution in [3.63, 3.8) is 0 Å². The van der Waals surface area contributed by atoms with E-state index in [1.54, 1.807) is 6.33 Å². The van der Waals surface area contributed by atoms with Crippen molar-refractivity contribution in [1.29, 1.82) is 0 Å². The smallest absolute Gasteiger partial charge is 0.230 e. The molecule has 0 unspecified atom stereocenters. The van der Waals surface area contributed by atoms with Gasteiger partial charge in [0.15, 0.2) is 5.16 Å². The number of aryl methyl sites for hydroxylation is 1. The van der Waals surface area contributed by atoms with Gasteiger partial charge in [-0.25, -0.2) is 0 Å². The Balaban J connectivity index is 1.45. The van der Waals surface area contributed by atoms with E-state index in [1.807, 2.05) is 24.3 Å². The van der Waals surface area contributed by atoms with Crippen molar-refractivity contribution in [3.05, 3.63) is 41.7 Å². The van der Waals surface area contributed by atoms with E-state index in [4.69, 9.17) is 0 Å². The molecule has 1 fully saturated rings. The van der Waals surface area contributed by atoms with Crippen LogP contribution in [0.3, 0.4) is 0 Å². The Kier molecular flexibility index (Phi) is 4.24. The fraction of sp³-hybridized carbons (Fsp3) is 0.400. The first-order chi connectivity index (χ1) is 10.2. The van der Waals surface area contributed by atoms with Crippen molar-refractivity contribution < 1.29 is 4.79 Å². The third kappa shape index (κ3) is 3.85. The van der Waals surface area contributed by atoms with Crippen LogP contribution < -0.4 is 5.32 Å². The van der Waals surface area contributed by atoms with Gasteiger partial charge in [-0.05, 0) is 25.3 Å². The molecule has 1 saturated carbocycles. The number of hydrogen-bond donors (Lipinski definition) is 1. The predicted octanol–water partition coefficient (Wildman–Crippen LogP) is 2.33. The average Bonchev–Trinajstić information content (AvgIpc) is 3.23. The fourth-order valence-corrected chi connectivity index (χ4v) is 2.84. The number of benzene rings is 1. The number of rotatable bonds is 6. The summed E-state index contributed by atoms with van der Waals surface area (Å²) in [5, 5.41) is 11.8. The molecule has 21 heavy (non-hydrogen) atoms. The van der Waals surface area contributed by atoms with E-state index in [0.717, 1.165) is 10.7 Å². The van der Waals surface area contributed by atoms with Crippen LogP contribution in [-0.4, -0.2) is 26.4 Å². The van der Waals surface area contributed by atoms with Crippen LogP contribution in [0.25, 0.3) is 0 Å². The number of aromatic nitrogens is 3. The standard InChI is InChI=1S/C15H18N4OS/c1-11-2-4-12(5-3-11)8-16-14(20)9-21-15-18-17-10-19(15)13-6-7-13/h2-5,10,13H,6-9H2,1H3,(H,16,20). The van der Waals surface area contributed by atoms with Gasteiger partial charge in [0, 0.05) is 12.6 Å². The van der Waals surface area contributed by atoms with Gasteiger partial charge in [-0.3, -0.25) is 4.79 Å². The highest BCUT2D eigenvalue weighted by molar-refractivity contribution is 7.99. The van der Waals surface area contributed by atoms with Gasteiger partial charge < -0.3 is 9.88 Å². The second-order valence-corrected chi connectivity index (χ2v) is 6.25. The Bertz CT molecular complexity index is 619. The molecule has 1 aromatic heterocycles. The quantitative estimate of drug-likeness (QED) is 0.832. The first-order valence-corrected chi connectivity index (χ1v) is 8.05. The number of nitrogens with zero attached hydrogens (tertiary/aromatic N) is 3. The summed E-state index contributed by atoms with van der Waals surface area (Å²) in [4.78, 5) is 11.9. The van der Waals surface area contributed by atoms with Crippen LogP contribution in [0.1, 0.15) is 30.0 Å². The van der Waals surface area contributed by atoms with Gasteiger partial charge in [0.05, 0.1) is 5.75 Å². The summed E-state index contributed by atoms with van der Waals surface area (Å²) in [6.45, 7) is 2.62. The molecular formula is C15H18N4OS. The monoisotopic (exact) mass is 302 g/mol. The van der Waals surface area contributed by atoms with Crippen molar-refractivity contribution in [2.24, 2.45) is 0 Å². The zero-order valence-electron chi connectivity index (χ0n) is 12.0. The van der Waals surface area contributed by atoms with Gasteiger partial charge in [0.25, 0.3) is 0 Å². The van der Waals surface area contributed by atoms with Gasteiger partial charge in [-0.2, -0.15) is 0 Å². The maximum Gasteiger partial charge on any atom is 0.230 e. The molecule has 0 atom stereocenters. The van der Waals surface area contributed by atoms with Crippen LogP contribution in [0.15, 0.2) is 35.7 Å². The molecule has 1 aliphatic rings. The molecule has 5 nitrogen and oxygen atoms in total. The summed E-state index contributed by atoms with van der Waals surface area (Å²) in [5.41, 5.74) is 2.33. The van der Waals surface area contributed by atoms with Gasteiger partial charge in [0.2, 0.25) is 5.91 Å². The van der Waals surface area contributed by atoms with Crippen LogP contribution in [0.2, 0.25) is 0 Å². The summed E-state index contributed by atoms with van der Waals surface area (Å²) < 4.78 is 2.07. The van der Waals surface area contributed by atoms with Crippen LogP contribution >= 0.6 is 11.8 Å². The summed E-state index contributed by atoms with van der Waals surface area (Å²) in [6, 6.07) is 8.71. The minimum absolute atomic E-state index is 0.0194. The first-order valence-electron chi connectivity index (χ1n) is 7.07. The number of carbonyl (C=O) groups excluding carboxylic acids is 1. The fourth-order valence-electron chi connectivity index (χ4n) is 2.03. The van der Waals surface area contributed by atoms with E-state index in [9.17, 15) is 4.79 Å². The second kappa shape index (κ2) is 6.30. The van der Waals surface area contributed by atoms with Gasteiger partial charge in [0.1, 0.15) is 6.33 Å². The summed E-state index contributed by atoms with van der Waals surface area (Å²) in [7, 11) is 0. The zero-order valence-corrected chi connectivity index (χ0v) is 12.8. The first kappa shape index (κ1) is 14.1. The molecular weight excluding hydrogens is 284 g/mol. The molecule has 3 rings (SSSR count). The van der Waals surface area contributed by atoms with E-state index in [1.165, 1.54) is 30.2 Å². The Morgan fingerprint density at radius 1 is 1.38 bits per heavy atom. The van der Waals surface area contributed by atoms with E-state index < -0.39 is 0 Å². The maximum atomic E-state index is 11.9. The van der Waals surface area contributed by atoms with Crippen molar-refractivity contribution in [2.75, 3.05) is 5.75 Å². The number of thioether (sulfide) groups is 1. The lowest BCUT2D eigenvalue weighted by Crippen LogP contribution is -2.24. The number of hydrogen-bond acceptors (Lipinski definition) is 4. The molecule has 1 aliphatic carbocycles. The van der Waals surface area contributed by atoms with Crippen LogP contribution in [0.5, 0.6) is 0 Å². The molecule has 1 N–H and O–H groups in total. The number of amides is 1. The molecule has 0 aliphatic heterocycles. The maximum absolute atomic E-state index is 11.9. The van der Waals surface area contributed by atoms with Gasteiger partial charge in [-0.1, -0.05) is 41.6 Å². The topological polar surface area (TPSA) is 59.8 Å². The Labute approximate surface area is 128 Å². The highest BCUT2D eigenvalue weighted by Crippen LogP contribution is 2.37.